The molecule has 4 N–H and O–H groups in total. The van der Waals surface area contributed by atoms with E-state index in [9.17, 15) is 9.18 Å². The number of hydrogen-bond donors (Lipinski definition) is 4. The molecule has 28 heavy (non-hydrogen) atoms. The maximum Gasteiger partial charge on any atom is 0.245 e. The number of piperazine rings is 1. The van der Waals surface area contributed by atoms with Crippen LogP contribution in [-0.4, -0.2) is 65.8 Å². The van der Waals surface area contributed by atoms with Crippen molar-refractivity contribution in [2.24, 2.45) is 0 Å². The number of amides is 1. The van der Waals surface area contributed by atoms with Gasteiger partial charge in [0.25, 0.3) is 0 Å². The quantitative estimate of drug-likeness (QED) is 0.416. The Kier molecular flexibility index (Phi) is 6.56. The van der Waals surface area contributed by atoms with Crippen molar-refractivity contribution in [3.8, 4) is 0 Å². The molecule has 0 unspecified atom stereocenters. The van der Waals surface area contributed by atoms with Gasteiger partial charge in [-0.1, -0.05) is 0 Å². The molecule has 10 heteroatoms. The molecule has 1 aliphatic heterocycles. The Morgan fingerprint density at radius 3 is 2.61 bits per heavy atom. The third kappa shape index (κ3) is 5.27. The van der Waals surface area contributed by atoms with Crippen molar-refractivity contribution in [1.82, 2.24) is 20.3 Å². The van der Waals surface area contributed by atoms with Crippen LogP contribution in [0.1, 0.15) is 6.42 Å². The van der Waals surface area contributed by atoms with Gasteiger partial charge in [0.2, 0.25) is 11.9 Å². The Morgan fingerprint density at radius 2 is 1.93 bits per heavy atom. The van der Waals surface area contributed by atoms with E-state index in [1.165, 1.54) is 5.48 Å². The lowest BCUT2D eigenvalue weighted by Gasteiger charge is -2.34. The highest BCUT2D eigenvalue weighted by Gasteiger charge is 2.14. The number of hydrogen-bond acceptors (Lipinski definition) is 8. The van der Waals surface area contributed by atoms with Gasteiger partial charge in [-0.3, -0.25) is 10.0 Å². The fourth-order valence-corrected chi connectivity index (χ4v) is 2.85. The summed E-state index contributed by atoms with van der Waals surface area (Å²) in [6.07, 6.45) is 1.04. The summed E-state index contributed by atoms with van der Waals surface area (Å²) in [5, 5.41) is 14.2. The zero-order valence-electron chi connectivity index (χ0n) is 15.7. The van der Waals surface area contributed by atoms with E-state index in [0.29, 0.717) is 0 Å². The predicted octanol–water partition coefficient (Wildman–Crippen LogP) is 1.42. The van der Waals surface area contributed by atoms with Crippen molar-refractivity contribution < 1.29 is 14.4 Å². The zero-order valence-corrected chi connectivity index (χ0v) is 15.7. The number of likely N-dealkylation sites (N-methyl/N-ethyl adjacent to an activating group) is 1. The lowest BCUT2D eigenvalue weighted by Crippen LogP contribution is -2.44. The number of anilines is 4. The summed E-state index contributed by atoms with van der Waals surface area (Å²) in [7, 11) is 2.12. The first-order valence-electron chi connectivity index (χ1n) is 9.05. The van der Waals surface area contributed by atoms with Crippen LogP contribution in [0.4, 0.5) is 27.5 Å². The summed E-state index contributed by atoms with van der Waals surface area (Å²) in [5.41, 5.74) is 3.46. The van der Waals surface area contributed by atoms with Crippen LogP contribution in [0.3, 0.4) is 0 Å². The van der Waals surface area contributed by atoms with E-state index in [-0.39, 0.29) is 24.7 Å². The molecule has 0 atom stereocenters. The van der Waals surface area contributed by atoms with Gasteiger partial charge in [-0.2, -0.15) is 4.98 Å². The highest BCUT2D eigenvalue weighted by molar-refractivity contribution is 5.75. The minimum Gasteiger partial charge on any atom is -0.369 e. The molecule has 2 aromatic rings. The fourth-order valence-electron chi connectivity index (χ4n) is 2.85. The van der Waals surface area contributed by atoms with Crippen LogP contribution in [-0.2, 0) is 4.79 Å². The summed E-state index contributed by atoms with van der Waals surface area (Å²) in [4.78, 5) is 23.7. The normalized spacial score (nSPS) is 14.6. The minimum atomic E-state index is -0.625. The van der Waals surface area contributed by atoms with E-state index in [4.69, 9.17) is 5.21 Å². The Labute approximate surface area is 162 Å². The minimum absolute atomic E-state index is 0.0164. The first-order valence-corrected chi connectivity index (χ1v) is 9.05. The number of rotatable bonds is 7. The average molecular weight is 389 g/mol. The molecule has 0 radical (unpaired) electrons. The second-order valence-corrected chi connectivity index (χ2v) is 6.56. The summed E-state index contributed by atoms with van der Waals surface area (Å²) in [6, 6.07) is 7.92. The van der Waals surface area contributed by atoms with Crippen LogP contribution in [0.25, 0.3) is 0 Å². The van der Waals surface area contributed by atoms with Crippen LogP contribution < -0.4 is 21.0 Å². The number of nitrogens with zero attached hydrogens (tertiary/aromatic N) is 4. The van der Waals surface area contributed by atoms with Crippen LogP contribution in [0.15, 0.2) is 30.5 Å². The topological polar surface area (TPSA) is 106 Å². The third-order valence-corrected chi connectivity index (χ3v) is 4.51. The van der Waals surface area contributed by atoms with Gasteiger partial charge in [0, 0.05) is 50.5 Å². The smallest absolute Gasteiger partial charge is 0.245 e. The van der Waals surface area contributed by atoms with Gasteiger partial charge in [0.1, 0.15) is 0 Å². The molecule has 1 aromatic carbocycles. The van der Waals surface area contributed by atoms with Crippen molar-refractivity contribution in [3.05, 3.63) is 36.3 Å². The number of carbonyl (C=O) groups is 1. The molecule has 150 valence electrons. The van der Waals surface area contributed by atoms with Gasteiger partial charge in [-0.25, -0.2) is 14.9 Å². The fraction of sp³-hybridized carbons (Fsp3) is 0.389. The Bertz CT molecular complexity index is 795. The molecular formula is C18H24FN7O2. The summed E-state index contributed by atoms with van der Waals surface area (Å²) in [5.74, 6) is -0.971. The first kappa shape index (κ1) is 19.8. The van der Waals surface area contributed by atoms with Crippen molar-refractivity contribution in [2.75, 3.05) is 55.3 Å². The van der Waals surface area contributed by atoms with E-state index < -0.39 is 11.7 Å². The van der Waals surface area contributed by atoms with E-state index in [0.717, 1.165) is 43.8 Å². The van der Waals surface area contributed by atoms with E-state index >= 15 is 0 Å². The number of hydroxylamine groups is 1. The van der Waals surface area contributed by atoms with Crippen molar-refractivity contribution >= 4 is 29.0 Å². The molecule has 1 saturated heterocycles. The Balaban J connectivity index is 1.60. The standard InChI is InChI=1S/C18H24FN7O2/c1-25-8-10-26(11-9-25)14-4-2-13(3-5-14)22-18-21-12-15(19)17(23-18)20-7-6-16(27)24-28/h2-5,12,28H,6-11H2,1H3,(H,24,27)(H2,20,21,22,23). The lowest BCUT2D eigenvalue weighted by molar-refractivity contribution is -0.128. The summed E-state index contributed by atoms with van der Waals surface area (Å²) in [6.45, 7) is 4.19. The molecule has 2 heterocycles. The summed E-state index contributed by atoms with van der Waals surface area (Å²) < 4.78 is 13.8. The van der Waals surface area contributed by atoms with Crippen LogP contribution in [0, 0.1) is 5.82 Å². The van der Waals surface area contributed by atoms with Crippen molar-refractivity contribution in [2.45, 2.75) is 6.42 Å². The zero-order chi connectivity index (χ0) is 19.9. The van der Waals surface area contributed by atoms with Gasteiger partial charge in [0.15, 0.2) is 11.6 Å². The summed E-state index contributed by atoms with van der Waals surface area (Å²) >= 11 is 0. The monoisotopic (exact) mass is 389 g/mol. The molecule has 0 aliphatic carbocycles. The molecule has 1 aromatic heterocycles. The second-order valence-electron chi connectivity index (χ2n) is 6.56. The number of halogens is 1. The maximum atomic E-state index is 13.8. The van der Waals surface area contributed by atoms with Gasteiger partial charge in [0.05, 0.1) is 6.20 Å². The number of benzene rings is 1. The highest BCUT2D eigenvalue weighted by atomic mass is 19.1. The molecule has 0 saturated carbocycles. The predicted molar refractivity (Wildman–Crippen MR) is 104 cm³/mol. The van der Waals surface area contributed by atoms with Gasteiger partial charge < -0.3 is 20.4 Å². The molecule has 0 spiro atoms. The van der Waals surface area contributed by atoms with Gasteiger partial charge in [-0.05, 0) is 31.3 Å². The molecule has 9 nitrogen and oxygen atoms in total. The molecular weight excluding hydrogens is 365 g/mol. The molecule has 1 aliphatic rings. The Hall–Kier alpha value is -2.98. The lowest BCUT2D eigenvalue weighted by atomic mass is 10.2. The van der Waals surface area contributed by atoms with Crippen molar-refractivity contribution in [3.63, 3.8) is 0 Å². The highest BCUT2D eigenvalue weighted by Crippen LogP contribution is 2.21. The second kappa shape index (κ2) is 9.29. The Morgan fingerprint density at radius 1 is 1.21 bits per heavy atom. The third-order valence-electron chi connectivity index (χ3n) is 4.51. The van der Waals surface area contributed by atoms with Crippen LogP contribution >= 0.6 is 0 Å². The molecule has 1 amide bonds. The number of carbonyl (C=O) groups excluding carboxylic acids is 1. The number of aromatic nitrogens is 2. The molecule has 1 fully saturated rings. The maximum absolute atomic E-state index is 13.8. The average Bonchev–Trinajstić information content (AvgIpc) is 2.71. The van der Waals surface area contributed by atoms with Crippen molar-refractivity contribution in [1.29, 1.82) is 0 Å². The van der Waals surface area contributed by atoms with Crippen LogP contribution in [0.2, 0.25) is 0 Å². The molecule has 0 bridgehead atoms. The van der Waals surface area contributed by atoms with E-state index in [1.54, 1.807) is 0 Å². The van der Waals surface area contributed by atoms with E-state index in [2.05, 4.69) is 37.4 Å². The van der Waals surface area contributed by atoms with Crippen LogP contribution in [0.5, 0.6) is 0 Å². The largest absolute Gasteiger partial charge is 0.369 e. The van der Waals surface area contributed by atoms with E-state index in [1.807, 2.05) is 24.3 Å². The first-order chi connectivity index (χ1) is 13.5. The SMILES string of the molecule is CN1CCN(c2ccc(Nc3ncc(F)c(NCCC(=O)NO)n3)cc2)CC1. The van der Waals surface area contributed by atoms with Gasteiger partial charge >= 0.3 is 0 Å². The molecule has 3 rings (SSSR count). The van der Waals surface area contributed by atoms with Gasteiger partial charge in [-0.15, -0.1) is 0 Å². The number of nitrogens with one attached hydrogen (secondary N) is 3.